The summed E-state index contributed by atoms with van der Waals surface area (Å²) in [5.74, 6) is 1.04. The highest BCUT2D eigenvalue weighted by atomic mass is 15.1. The second kappa shape index (κ2) is 4.29. The Morgan fingerprint density at radius 2 is 2.24 bits per heavy atom. The fraction of sp³-hybridized carbons (Fsp3) is 0.222. The van der Waals surface area contributed by atoms with Gasteiger partial charge in [0, 0.05) is 22.8 Å². The fourth-order valence-corrected chi connectivity index (χ4v) is 3.07. The average molecular weight is 279 g/mol. The zero-order valence-corrected chi connectivity index (χ0v) is 12.1. The Balaban J connectivity index is 1.97. The summed E-state index contributed by atoms with van der Waals surface area (Å²) in [6, 6.07) is 7.41. The molecule has 1 aromatic carbocycles. The van der Waals surface area contributed by atoms with Gasteiger partial charge in [-0.2, -0.15) is 4.57 Å². The van der Waals surface area contributed by atoms with E-state index in [1.807, 2.05) is 30.8 Å². The van der Waals surface area contributed by atoms with Gasteiger partial charge < -0.3 is 4.57 Å². The van der Waals surface area contributed by atoms with Crippen LogP contribution in [0.1, 0.15) is 21.1 Å². The summed E-state index contributed by atoms with van der Waals surface area (Å²) in [5, 5.41) is 0. The third-order valence-corrected chi connectivity index (χ3v) is 4.09. The number of nitrogens with zero attached hydrogens (tertiary/aromatic N) is 3. The highest BCUT2D eigenvalue weighted by Crippen LogP contribution is 2.30. The molecule has 2 aromatic heterocycles. The molecule has 0 unspecified atom stereocenters. The molecule has 21 heavy (non-hydrogen) atoms. The van der Waals surface area contributed by atoms with Crippen molar-refractivity contribution in [1.29, 1.82) is 0 Å². The van der Waals surface area contributed by atoms with Crippen LogP contribution in [-0.2, 0) is 13.5 Å². The third kappa shape index (κ3) is 1.74. The number of imidazole rings is 1. The second-order valence-corrected chi connectivity index (χ2v) is 5.53. The lowest BCUT2D eigenvalue weighted by molar-refractivity contribution is -0.659. The van der Waals surface area contributed by atoms with Gasteiger partial charge in [-0.05, 0) is 25.4 Å². The van der Waals surface area contributed by atoms with E-state index in [1.165, 1.54) is 0 Å². The quantitative estimate of drug-likeness (QED) is 0.627. The lowest BCUT2D eigenvalue weighted by atomic mass is 10.0. The van der Waals surface area contributed by atoms with Gasteiger partial charge in [-0.3, -0.25) is 0 Å². The molecule has 3 heteroatoms. The van der Waals surface area contributed by atoms with E-state index >= 15 is 0 Å². The van der Waals surface area contributed by atoms with Crippen molar-refractivity contribution in [3.05, 3.63) is 53.5 Å². The molecule has 3 heterocycles. The molecule has 0 radical (unpaired) electrons. The standard InChI is InChI=1S/C18H18N3/c1-12-6-7-14(13(2)11-12)18-17-15(8-10-20(18)3)21-9-4-5-16(21)19-17/h4,6-11H,5H2,1-3H3/q+1/i1D3. The number of fused-ring (bicyclic) bond motifs is 3. The molecule has 0 atom stereocenters. The Morgan fingerprint density at radius 1 is 1.33 bits per heavy atom. The van der Waals surface area contributed by atoms with Crippen LogP contribution in [0.5, 0.6) is 0 Å². The SMILES string of the molecule is [2H]C([2H])([2H])c1ccc(-c2c3nc4n(c3cc[n+]2C)C=CC4)c(C)c1. The molecule has 0 amide bonds. The number of benzene rings is 1. The first-order valence-corrected chi connectivity index (χ1v) is 7.04. The van der Waals surface area contributed by atoms with E-state index in [2.05, 4.69) is 22.9 Å². The molecule has 3 aromatic rings. The number of pyridine rings is 1. The second-order valence-electron chi connectivity index (χ2n) is 5.53. The Morgan fingerprint density at radius 3 is 3.05 bits per heavy atom. The van der Waals surface area contributed by atoms with Gasteiger partial charge in [-0.1, -0.05) is 23.8 Å². The largest absolute Gasteiger partial charge is 0.303 e. The van der Waals surface area contributed by atoms with Crippen LogP contribution >= 0.6 is 0 Å². The number of hydrogen-bond acceptors (Lipinski definition) is 1. The first kappa shape index (κ1) is 9.50. The van der Waals surface area contributed by atoms with Gasteiger partial charge in [-0.15, -0.1) is 0 Å². The van der Waals surface area contributed by atoms with Crippen LogP contribution in [0.3, 0.4) is 0 Å². The molecule has 0 saturated heterocycles. The summed E-state index contributed by atoms with van der Waals surface area (Å²) < 4.78 is 26.9. The number of hydrogen-bond donors (Lipinski definition) is 0. The lowest BCUT2D eigenvalue weighted by Crippen LogP contribution is -2.30. The van der Waals surface area contributed by atoms with Crippen molar-refractivity contribution in [1.82, 2.24) is 9.55 Å². The van der Waals surface area contributed by atoms with Crippen LogP contribution in [-0.4, -0.2) is 9.55 Å². The molecule has 1 aliphatic heterocycles. The van der Waals surface area contributed by atoms with E-state index in [4.69, 9.17) is 9.10 Å². The fourth-order valence-electron chi connectivity index (χ4n) is 3.07. The van der Waals surface area contributed by atoms with Gasteiger partial charge in [0.2, 0.25) is 5.69 Å². The number of aryl methyl sites for hydroxylation is 3. The van der Waals surface area contributed by atoms with E-state index in [0.29, 0.717) is 5.56 Å². The van der Waals surface area contributed by atoms with E-state index < -0.39 is 6.85 Å². The van der Waals surface area contributed by atoms with Gasteiger partial charge in [0.15, 0.2) is 11.7 Å². The van der Waals surface area contributed by atoms with Crippen molar-refractivity contribution in [2.75, 3.05) is 0 Å². The van der Waals surface area contributed by atoms with E-state index in [9.17, 15) is 0 Å². The van der Waals surface area contributed by atoms with Crippen molar-refractivity contribution in [2.24, 2.45) is 7.05 Å². The molecule has 3 nitrogen and oxygen atoms in total. The lowest BCUT2D eigenvalue weighted by Gasteiger charge is -2.06. The monoisotopic (exact) mass is 279 g/mol. The van der Waals surface area contributed by atoms with E-state index in [0.717, 1.165) is 40.1 Å². The number of allylic oxidation sites excluding steroid dienone is 1. The highest BCUT2D eigenvalue weighted by molar-refractivity contribution is 5.90. The van der Waals surface area contributed by atoms with Crippen LogP contribution in [0.2, 0.25) is 0 Å². The summed E-state index contributed by atoms with van der Waals surface area (Å²) >= 11 is 0. The Bertz CT molecular complexity index is 997. The number of aromatic nitrogens is 3. The molecule has 0 bridgehead atoms. The smallest absolute Gasteiger partial charge is 0.240 e. The topological polar surface area (TPSA) is 21.7 Å². The molecular weight excluding hydrogens is 258 g/mol. The highest BCUT2D eigenvalue weighted by Gasteiger charge is 2.23. The third-order valence-electron chi connectivity index (χ3n) is 4.09. The maximum atomic E-state index is 7.59. The Labute approximate surface area is 128 Å². The normalized spacial score (nSPS) is 15.8. The first-order chi connectivity index (χ1) is 11.4. The zero-order chi connectivity index (χ0) is 17.1. The Kier molecular flexibility index (Phi) is 1.94. The predicted octanol–water partition coefficient (Wildman–Crippen LogP) is 3.17. The average Bonchev–Trinajstić information content (AvgIpc) is 3.07. The molecule has 0 aliphatic carbocycles. The molecular formula is C18H18N3+. The molecule has 0 saturated carbocycles. The minimum absolute atomic E-state index is 0.369. The van der Waals surface area contributed by atoms with Crippen LogP contribution in [0, 0.1) is 13.8 Å². The molecule has 0 N–H and O–H groups in total. The van der Waals surface area contributed by atoms with E-state index in [1.54, 1.807) is 12.1 Å². The summed E-state index contributed by atoms with van der Waals surface area (Å²) in [5.41, 5.74) is 5.36. The zero-order valence-electron chi connectivity index (χ0n) is 15.1. The molecule has 1 aliphatic rings. The maximum absolute atomic E-state index is 7.59. The molecule has 0 spiro atoms. The van der Waals surface area contributed by atoms with Gasteiger partial charge in [0.1, 0.15) is 12.9 Å². The minimum atomic E-state index is -2.09. The van der Waals surface area contributed by atoms with Crippen LogP contribution in [0.4, 0.5) is 0 Å². The van der Waals surface area contributed by atoms with Gasteiger partial charge in [0.05, 0.1) is 11.1 Å². The van der Waals surface area contributed by atoms with Crippen LogP contribution in [0.25, 0.3) is 28.5 Å². The number of rotatable bonds is 1. The van der Waals surface area contributed by atoms with Gasteiger partial charge in [-0.25, -0.2) is 4.98 Å². The van der Waals surface area contributed by atoms with Crippen LogP contribution < -0.4 is 4.57 Å². The van der Waals surface area contributed by atoms with Crippen molar-refractivity contribution < 1.29 is 8.68 Å². The van der Waals surface area contributed by atoms with Gasteiger partial charge >= 0.3 is 0 Å². The van der Waals surface area contributed by atoms with E-state index in [-0.39, 0.29) is 0 Å². The van der Waals surface area contributed by atoms with Crippen molar-refractivity contribution in [3.63, 3.8) is 0 Å². The summed E-state index contributed by atoms with van der Waals surface area (Å²) in [7, 11) is 1.99. The minimum Gasteiger partial charge on any atom is -0.303 e. The van der Waals surface area contributed by atoms with Crippen molar-refractivity contribution in [3.8, 4) is 11.3 Å². The van der Waals surface area contributed by atoms with Crippen molar-refractivity contribution in [2.45, 2.75) is 20.2 Å². The van der Waals surface area contributed by atoms with Crippen molar-refractivity contribution >= 4 is 17.2 Å². The Hall–Kier alpha value is -2.42. The summed E-state index contributed by atoms with van der Waals surface area (Å²) in [6.45, 7) is -0.134. The summed E-state index contributed by atoms with van der Waals surface area (Å²) in [6.07, 6.45) is 7.02. The van der Waals surface area contributed by atoms with Crippen LogP contribution in [0.15, 0.2) is 36.5 Å². The predicted molar refractivity (Wildman–Crippen MR) is 84.9 cm³/mol. The molecule has 0 fully saturated rings. The van der Waals surface area contributed by atoms with Gasteiger partial charge in [0.25, 0.3) is 0 Å². The maximum Gasteiger partial charge on any atom is 0.240 e. The molecule has 4 rings (SSSR count). The first-order valence-electron chi connectivity index (χ1n) is 8.54. The molecule has 104 valence electrons. The summed E-state index contributed by atoms with van der Waals surface area (Å²) in [4.78, 5) is 4.81.